The van der Waals surface area contributed by atoms with E-state index < -0.39 is 0 Å². The highest BCUT2D eigenvalue weighted by molar-refractivity contribution is 5.93. The number of hydrogen-bond acceptors (Lipinski definition) is 1. The maximum Gasteiger partial charge on any atom is 0.143 e. The highest BCUT2D eigenvalue weighted by Crippen LogP contribution is 2.49. The van der Waals surface area contributed by atoms with Gasteiger partial charge in [0.05, 0.1) is 5.41 Å². The van der Waals surface area contributed by atoms with E-state index >= 15 is 0 Å². The van der Waals surface area contributed by atoms with Gasteiger partial charge in [0.15, 0.2) is 0 Å². The molecule has 0 atom stereocenters. The van der Waals surface area contributed by atoms with Gasteiger partial charge in [-0.2, -0.15) is 0 Å². The largest absolute Gasteiger partial charge is 0.299 e. The van der Waals surface area contributed by atoms with Gasteiger partial charge in [0.2, 0.25) is 0 Å². The summed E-state index contributed by atoms with van der Waals surface area (Å²) in [6.07, 6.45) is 5.01. The number of benzene rings is 1. The van der Waals surface area contributed by atoms with Gasteiger partial charge in [-0.15, -0.1) is 0 Å². The minimum Gasteiger partial charge on any atom is -0.299 e. The van der Waals surface area contributed by atoms with Gasteiger partial charge in [0.25, 0.3) is 0 Å². The van der Waals surface area contributed by atoms with Crippen LogP contribution < -0.4 is 0 Å². The molecule has 1 heteroatoms. The molecule has 2 rings (SSSR count). The van der Waals surface area contributed by atoms with Crippen LogP contribution in [-0.2, 0) is 10.2 Å². The standard InChI is InChI=1S/C14H18O/c1-2-3-9-13(15)14(10-11-14)12-7-5-4-6-8-12/h4-8H,2-3,9-11H2,1H3. The predicted octanol–water partition coefficient (Wildman–Crippen LogP) is 3.48. The first kappa shape index (κ1) is 10.4. The Balaban J connectivity index is 2.11. The molecule has 0 radical (unpaired) electrons. The van der Waals surface area contributed by atoms with Crippen LogP contribution in [0.25, 0.3) is 0 Å². The molecule has 1 nitrogen and oxygen atoms in total. The monoisotopic (exact) mass is 202 g/mol. The minimum absolute atomic E-state index is 0.0869. The molecule has 0 bridgehead atoms. The first-order valence-corrected chi connectivity index (χ1v) is 5.88. The van der Waals surface area contributed by atoms with Crippen molar-refractivity contribution < 1.29 is 4.79 Å². The molecule has 0 unspecified atom stereocenters. The number of unbranched alkanes of at least 4 members (excludes halogenated alkanes) is 1. The smallest absolute Gasteiger partial charge is 0.143 e. The van der Waals surface area contributed by atoms with Crippen LogP contribution in [-0.4, -0.2) is 5.78 Å². The van der Waals surface area contributed by atoms with Crippen molar-refractivity contribution in [1.29, 1.82) is 0 Å². The molecule has 1 saturated carbocycles. The van der Waals surface area contributed by atoms with Gasteiger partial charge in [-0.1, -0.05) is 43.7 Å². The van der Waals surface area contributed by atoms with Crippen LogP contribution >= 0.6 is 0 Å². The maximum absolute atomic E-state index is 12.1. The molecule has 1 aliphatic rings. The van der Waals surface area contributed by atoms with Crippen LogP contribution in [0.15, 0.2) is 30.3 Å². The molecular formula is C14H18O. The molecule has 1 aliphatic carbocycles. The van der Waals surface area contributed by atoms with Crippen LogP contribution in [0.2, 0.25) is 0 Å². The Morgan fingerprint density at radius 1 is 1.27 bits per heavy atom. The van der Waals surface area contributed by atoms with E-state index in [1.54, 1.807) is 0 Å². The molecule has 0 amide bonds. The fourth-order valence-electron chi connectivity index (χ4n) is 2.19. The summed E-state index contributed by atoms with van der Waals surface area (Å²) in [7, 11) is 0. The lowest BCUT2D eigenvalue weighted by Crippen LogP contribution is -2.19. The molecular weight excluding hydrogens is 184 g/mol. The third-order valence-electron chi connectivity index (χ3n) is 3.37. The van der Waals surface area contributed by atoms with Crippen molar-refractivity contribution >= 4 is 5.78 Å². The maximum atomic E-state index is 12.1. The Kier molecular flexibility index (Phi) is 2.90. The first-order valence-electron chi connectivity index (χ1n) is 5.88. The normalized spacial score (nSPS) is 17.4. The summed E-state index contributed by atoms with van der Waals surface area (Å²) in [5, 5.41) is 0. The van der Waals surface area contributed by atoms with Crippen LogP contribution in [0.3, 0.4) is 0 Å². The highest BCUT2D eigenvalue weighted by atomic mass is 16.1. The quantitative estimate of drug-likeness (QED) is 0.714. The molecule has 0 aliphatic heterocycles. The van der Waals surface area contributed by atoms with Gasteiger partial charge in [0.1, 0.15) is 5.78 Å². The molecule has 0 N–H and O–H groups in total. The molecule has 0 heterocycles. The van der Waals surface area contributed by atoms with Gasteiger partial charge >= 0.3 is 0 Å². The minimum atomic E-state index is -0.0869. The van der Waals surface area contributed by atoms with Crippen LogP contribution in [0.5, 0.6) is 0 Å². The van der Waals surface area contributed by atoms with E-state index in [1.807, 2.05) is 18.2 Å². The molecule has 0 aromatic heterocycles. The van der Waals surface area contributed by atoms with Gasteiger partial charge in [0, 0.05) is 6.42 Å². The topological polar surface area (TPSA) is 17.1 Å². The average molecular weight is 202 g/mol. The van der Waals surface area contributed by atoms with E-state index in [9.17, 15) is 4.79 Å². The highest BCUT2D eigenvalue weighted by Gasteiger charge is 2.49. The Bertz CT molecular complexity index is 336. The molecule has 80 valence electrons. The lowest BCUT2D eigenvalue weighted by atomic mass is 9.89. The summed E-state index contributed by atoms with van der Waals surface area (Å²) >= 11 is 0. The van der Waals surface area contributed by atoms with Crippen molar-refractivity contribution in [2.45, 2.75) is 44.4 Å². The zero-order valence-electron chi connectivity index (χ0n) is 9.33. The number of Topliss-reactive ketones (excluding diaryl/α,β-unsaturated/α-hetero) is 1. The second-order valence-corrected chi connectivity index (χ2v) is 4.47. The zero-order valence-corrected chi connectivity index (χ0v) is 9.33. The predicted molar refractivity (Wildman–Crippen MR) is 61.9 cm³/mol. The van der Waals surface area contributed by atoms with E-state index in [0.29, 0.717) is 5.78 Å². The van der Waals surface area contributed by atoms with Crippen molar-refractivity contribution in [3.63, 3.8) is 0 Å². The second-order valence-electron chi connectivity index (χ2n) is 4.47. The summed E-state index contributed by atoms with van der Waals surface area (Å²) in [5.74, 6) is 0.454. The lowest BCUT2D eigenvalue weighted by molar-refractivity contribution is -0.121. The van der Waals surface area contributed by atoms with Crippen molar-refractivity contribution in [2.24, 2.45) is 0 Å². The first-order chi connectivity index (χ1) is 7.29. The fraction of sp³-hybridized carbons (Fsp3) is 0.500. The summed E-state index contributed by atoms with van der Waals surface area (Å²) in [6.45, 7) is 2.13. The van der Waals surface area contributed by atoms with E-state index in [1.165, 1.54) is 5.56 Å². The van der Waals surface area contributed by atoms with Gasteiger partial charge in [-0.25, -0.2) is 0 Å². The number of carbonyl (C=O) groups excluding carboxylic acids is 1. The Labute approximate surface area is 91.5 Å². The molecule has 1 fully saturated rings. The van der Waals surface area contributed by atoms with E-state index in [4.69, 9.17) is 0 Å². The third kappa shape index (κ3) is 1.97. The van der Waals surface area contributed by atoms with Crippen molar-refractivity contribution in [1.82, 2.24) is 0 Å². The Morgan fingerprint density at radius 3 is 2.47 bits per heavy atom. The van der Waals surface area contributed by atoms with Crippen molar-refractivity contribution in [3.05, 3.63) is 35.9 Å². The zero-order chi connectivity index (χ0) is 10.7. The van der Waals surface area contributed by atoms with Crippen LogP contribution in [0, 0.1) is 0 Å². The van der Waals surface area contributed by atoms with Gasteiger partial charge in [-0.3, -0.25) is 4.79 Å². The average Bonchev–Trinajstić information content (AvgIpc) is 3.08. The number of ketones is 1. The van der Waals surface area contributed by atoms with Crippen LogP contribution in [0.1, 0.15) is 44.6 Å². The van der Waals surface area contributed by atoms with E-state index in [-0.39, 0.29) is 5.41 Å². The second kappa shape index (κ2) is 4.18. The Hall–Kier alpha value is -1.11. The summed E-state index contributed by atoms with van der Waals surface area (Å²) in [4.78, 5) is 12.1. The van der Waals surface area contributed by atoms with Gasteiger partial charge < -0.3 is 0 Å². The molecule has 0 spiro atoms. The van der Waals surface area contributed by atoms with Gasteiger partial charge in [-0.05, 0) is 24.8 Å². The lowest BCUT2D eigenvalue weighted by Gasteiger charge is -2.13. The molecule has 1 aromatic rings. The Morgan fingerprint density at radius 2 is 1.93 bits per heavy atom. The summed E-state index contributed by atoms with van der Waals surface area (Å²) < 4.78 is 0. The molecule has 0 saturated heterocycles. The summed E-state index contributed by atoms with van der Waals surface area (Å²) in [6, 6.07) is 10.3. The molecule has 1 aromatic carbocycles. The van der Waals surface area contributed by atoms with Crippen molar-refractivity contribution in [3.8, 4) is 0 Å². The van der Waals surface area contributed by atoms with E-state index in [0.717, 1.165) is 32.1 Å². The number of carbonyl (C=O) groups is 1. The SMILES string of the molecule is CCCCC(=O)C1(c2ccccc2)CC1. The fourth-order valence-corrected chi connectivity index (χ4v) is 2.19. The third-order valence-corrected chi connectivity index (χ3v) is 3.37. The molecule has 15 heavy (non-hydrogen) atoms. The van der Waals surface area contributed by atoms with Crippen LogP contribution in [0.4, 0.5) is 0 Å². The summed E-state index contributed by atoms with van der Waals surface area (Å²) in [5.41, 5.74) is 1.14. The van der Waals surface area contributed by atoms with E-state index in [2.05, 4.69) is 19.1 Å². The number of hydrogen-bond donors (Lipinski definition) is 0. The van der Waals surface area contributed by atoms with Crippen molar-refractivity contribution in [2.75, 3.05) is 0 Å². The number of rotatable bonds is 5.